The summed E-state index contributed by atoms with van der Waals surface area (Å²) in [5.74, 6) is 3.27. The van der Waals surface area contributed by atoms with Gasteiger partial charge in [0.25, 0.3) is 0 Å². The average molecular weight is 404 g/mol. The highest BCUT2D eigenvalue weighted by Crippen LogP contribution is 2.66. The zero-order valence-corrected chi connectivity index (χ0v) is 19.1. The first-order valence-electron chi connectivity index (χ1n) is 12.0. The zero-order valence-electron chi connectivity index (χ0n) is 19.1. The summed E-state index contributed by atoms with van der Waals surface area (Å²) >= 11 is 0. The summed E-state index contributed by atoms with van der Waals surface area (Å²) in [6.07, 6.45) is 9.37. The topological polar surface area (TPSA) is 61.4 Å². The molecule has 2 N–H and O–H groups in total. The van der Waals surface area contributed by atoms with Crippen LogP contribution >= 0.6 is 0 Å². The fourth-order valence-corrected chi connectivity index (χ4v) is 8.12. The number of carbonyl (C=O) groups is 2. The van der Waals surface area contributed by atoms with Gasteiger partial charge in [0.2, 0.25) is 5.91 Å². The van der Waals surface area contributed by atoms with E-state index in [1.807, 2.05) is 20.9 Å². The number of fused-ring (bicyclic) bond motifs is 5. The molecular weight excluding hydrogens is 362 g/mol. The Labute approximate surface area is 176 Å². The minimum absolute atomic E-state index is 0.0244. The van der Waals surface area contributed by atoms with E-state index in [9.17, 15) is 9.59 Å². The lowest BCUT2D eigenvalue weighted by molar-refractivity contribution is -0.158. The highest BCUT2D eigenvalue weighted by molar-refractivity contribution is 5.77. The second-order valence-electron chi connectivity index (χ2n) is 11.3. The average Bonchev–Trinajstić information content (AvgIpc) is 2.99. The predicted molar refractivity (Wildman–Crippen MR) is 115 cm³/mol. The number of piperidine rings is 1. The molecule has 0 aromatic heterocycles. The lowest BCUT2D eigenvalue weighted by Gasteiger charge is -2.61. The molecule has 3 aliphatic carbocycles. The molecule has 0 radical (unpaired) electrons. The van der Waals surface area contributed by atoms with Crippen LogP contribution in [0.25, 0.3) is 0 Å². The number of hydrogen-bond donors (Lipinski definition) is 2. The zero-order chi connectivity index (χ0) is 21.0. The summed E-state index contributed by atoms with van der Waals surface area (Å²) in [6, 6.07) is 0.588. The number of carbonyl (C=O) groups excluding carboxylic acids is 2. The van der Waals surface area contributed by atoms with Crippen LogP contribution < -0.4 is 10.6 Å². The molecule has 0 bridgehead atoms. The Morgan fingerprint density at radius 1 is 1.07 bits per heavy atom. The van der Waals surface area contributed by atoms with Crippen molar-refractivity contribution in [2.24, 2.45) is 34.5 Å². The quantitative estimate of drug-likeness (QED) is 0.743. The van der Waals surface area contributed by atoms with Crippen LogP contribution in [0.2, 0.25) is 0 Å². The van der Waals surface area contributed by atoms with Gasteiger partial charge in [-0.1, -0.05) is 13.8 Å². The standard InChI is InChI=1S/C24H41N3O2/c1-15(2)26-22(29)25-14-16-6-8-18-17-7-9-20-24(4,13-11-21(28)27(20)5)19(17)10-12-23(16,18)3/h15-20H,6-14H2,1-5H3,(H2,25,26,29)/t16-,17+,18+,19+,20-,23-,24-/m1/s1. The van der Waals surface area contributed by atoms with Crippen molar-refractivity contribution in [2.75, 3.05) is 13.6 Å². The third-order valence-electron chi connectivity index (χ3n) is 9.68. The van der Waals surface area contributed by atoms with E-state index in [-0.39, 0.29) is 12.1 Å². The van der Waals surface area contributed by atoms with Gasteiger partial charge in [0, 0.05) is 32.1 Å². The molecule has 1 saturated heterocycles. The first kappa shape index (κ1) is 21.0. The van der Waals surface area contributed by atoms with Crippen molar-refractivity contribution >= 4 is 11.9 Å². The maximum absolute atomic E-state index is 12.3. The van der Waals surface area contributed by atoms with Crippen LogP contribution in [0.5, 0.6) is 0 Å². The van der Waals surface area contributed by atoms with Gasteiger partial charge in [0.15, 0.2) is 0 Å². The summed E-state index contributed by atoms with van der Waals surface area (Å²) < 4.78 is 0. The third kappa shape index (κ3) is 3.37. The van der Waals surface area contributed by atoms with Crippen LogP contribution in [-0.2, 0) is 4.79 Å². The van der Waals surface area contributed by atoms with Gasteiger partial charge in [-0.2, -0.15) is 0 Å². The van der Waals surface area contributed by atoms with Crippen molar-refractivity contribution in [2.45, 2.75) is 91.1 Å². The molecule has 5 nitrogen and oxygen atoms in total. The van der Waals surface area contributed by atoms with E-state index in [2.05, 4.69) is 29.4 Å². The molecule has 1 heterocycles. The smallest absolute Gasteiger partial charge is 0.314 e. The molecule has 3 amide bonds. The van der Waals surface area contributed by atoms with Gasteiger partial charge in [-0.3, -0.25) is 4.79 Å². The van der Waals surface area contributed by atoms with Crippen LogP contribution in [0, 0.1) is 34.5 Å². The number of urea groups is 1. The molecule has 4 fully saturated rings. The second-order valence-corrected chi connectivity index (χ2v) is 11.3. The van der Waals surface area contributed by atoms with Crippen molar-refractivity contribution in [1.82, 2.24) is 15.5 Å². The van der Waals surface area contributed by atoms with Gasteiger partial charge >= 0.3 is 6.03 Å². The van der Waals surface area contributed by atoms with Crippen molar-refractivity contribution in [1.29, 1.82) is 0 Å². The highest BCUT2D eigenvalue weighted by atomic mass is 16.2. The maximum Gasteiger partial charge on any atom is 0.314 e. The maximum atomic E-state index is 12.3. The number of amides is 3. The summed E-state index contributed by atoms with van der Waals surface area (Å²) in [7, 11) is 2.04. The fourth-order valence-electron chi connectivity index (χ4n) is 8.12. The Balaban J connectivity index is 1.46. The van der Waals surface area contributed by atoms with E-state index in [1.54, 1.807) is 0 Å². The molecule has 0 aromatic rings. The number of hydrogen-bond acceptors (Lipinski definition) is 2. The highest BCUT2D eigenvalue weighted by Gasteiger charge is 2.60. The lowest BCUT2D eigenvalue weighted by atomic mass is 9.47. The van der Waals surface area contributed by atoms with Crippen LogP contribution in [0.1, 0.15) is 79.1 Å². The minimum Gasteiger partial charge on any atom is -0.342 e. The number of nitrogens with one attached hydrogen (secondary N) is 2. The second kappa shape index (κ2) is 7.46. The van der Waals surface area contributed by atoms with E-state index in [4.69, 9.17) is 0 Å². The lowest BCUT2D eigenvalue weighted by Crippen LogP contribution is -2.61. The molecule has 164 valence electrons. The Kier molecular flexibility index (Phi) is 5.40. The predicted octanol–water partition coefficient (Wildman–Crippen LogP) is 4.17. The third-order valence-corrected chi connectivity index (χ3v) is 9.68. The Morgan fingerprint density at radius 2 is 1.79 bits per heavy atom. The van der Waals surface area contributed by atoms with Crippen molar-refractivity contribution in [3.8, 4) is 0 Å². The molecule has 4 aliphatic rings. The first-order valence-corrected chi connectivity index (χ1v) is 12.0. The van der Waals surface area contributed by atoms with Gasteiger partial charge < -0.3 is 15.5 Å². The molecule has 3 saturated carbocycles. The minimum atomic E-state index is -0.0244. The molecule has 5 heteroatoms. The molecule has 4 rings (SSSR count). The molecule has 7 atom stereocenters. The van der Waals surface area contributed by atoms with Crippen molar-refractivity contribution < 1.29 is 9.59 Å². The molecule has 1 aliphatic heterocycles. The Bertz CT molecular complexity index is 665. The van der Waals surface area contributed by atoms with E-state index in [1.165, 1.54) is 38.5 Å². The van der Waals surface area contributed by atoms with E-state index >= 15 is 0 Å². The number of nitrogens with zero attached hydrogens (tertiary/aromatic N) is 1. The van der Waals surface area contributed by atoms with Crippen LogP contribution in [-0.4, -0.2) is 42.5 Å². The van der Waals surface area contributed by atoms with E-state index in [0.29, 0.717) is 28.7 Å². The summed E-state index contributed by atoms with van der Waals surface area (Å²) in [6.45, 7) is 9.81. The molecular formula is C24H41N3O2. The van der Waals surface area contributed by atoms with E-state index < -0.39 is 0 Å². The van der Waals surface area contributed by atoms with E-state index in [0.717, 1.165) is 37.1 Å². The monoisotopic (exact) mass is 403 g/mol. The first-order chi connectivity index (χ1) is 13.7. The SMILES string of the molecule is CC(C)NC(=O)NC[C@H]1CC[C@H]2[C@@H]3CC[C@H]4N(C)C(=O)CC[C@]4(C)[C@H]3CC[C@]12C. The molecule has 0 spiro atoms. The van der Waals surface area contributed by atoms with Gasteiger partial charge in [0.05, 0.1) is 0 Å². The van der Waals surface area contributed by atoms with Gasteiger partial charge in [-0.05, 0) is 93.3 Å². The van der Waals surface area contributed by atoms with Crippen LogP contribution in [0.3, 0.4) is 0 Å². The Morgan fingerprint density at radius 3 is 2.52 bits per heavy atom. The normalized spacial score (nSPS) is 44.1. The van der Waals surface area contributed by atoms with Gasteiger partial charge in [-0.25, -0.2) is 4.79 Å². The van der Waals surface area contributed by atoms with Crippen LogP contribution in [0.15, 0.2) is 0 Å². The molecule has 0 aromatic carbocycles. The van der Waals surface area contributed by atoms with Crippen molar-refractivity contribution in [3.63, 3.8) is 0 Å². The largest absolute Gasteiger partial charge is 0.342 e. The summed E-state index contributed by atoms with van der Waals surface area (Å²) in [5, 5.41) is 6.11. The fraction of sp³-hybridized carbons (Fsp3) is 0.917. The number of likely N-dealkylation sites (tertiary alicyclic amines) is 1. The van der Waals surface area contributed by atoms with Gasteiger partial charge in [-0.15, -0.1) is 0 Å². The van der Waals surface area contributed by atoms with Crippen molar-refractivity contribution in [3.05, 3.63) is 0 Å². The summed E-state index contributed by atoms with van der Waals surface area (Å²) in [5.41, 5.74) is 0.645. The van der Waals surface area contributed by atoms with Crippen LogP contribution in [0.4, 0.5) is 4.79 Å². The molecule has 0 unspecified atom stereocenters. The Hall–Kier alpha value is -1.26. The number of rotatable bonds is 3. The van der Waals surface area contributed by atoms with Gasteiger partial charge in [0.1, 0.15) is 0 Å². The molecule has 29 heavy (non-hydrogen) atoms. The summed E-state index contributed by atoms with van der Waals surface area (Å²) in [4.78, 5) is 26.5.